The van der Waals surface area contributed by atoms with Crippen molar-refractivity contribution < 1.29 is 19.5 Å². The molecule has 116 valence electrons. The molecule has 1 aliphatic heterocycles. The van der Waals surface area contributed by atoms with Gasteiger partial charge in [-0.25, -0.2) is 9.59 Å². The molecule has 3 fully saturated rings. The molecule has 2 aliphatic carbocycles. The third-order valence-corrected chi connectivity index (χ3v) is 4.67. The number of carbonyl (C=O) groups is 3. The first-order valence-electron chi connectivity index (χ1n) is 7.60. The summed E-state index contributed by atoms with van der Waals surface area (Å²) in [6.07, 6.45) is 4.95. The zero-order valence-electron chi connectivity index (χ0n) is 11.9. The number of carboxylic acid groups (broad SMARTS) is 1. The van der Waals surface area contributed by atoms with Gasteiger partial charge in [-0.05, 0) is 43.4 Å². The van der Waals surface area contributed by atoms with Gasteiger partial charge in [0, 0.05) is 13.1 Å². The molecule has 0 aromatic rings. The van der Waals surface area contributed by atoms with E-state index >= 15 is 0 Å². The highest BCUT2D eigenvalue weighted by atomic mass is 16.4. The van der Waals surface area contributed by atoms with Crippen molar-refractivity contribution in [3.8, 4) is 0 Å². The van der Waals surface area contributed by atoms with Gasteiger partial charge in [0.25, 0.3) is 0 Å². The number of nitrogens with zero attached hydrogens (tertiary/aromatic N) is 1. The maximum Gasteiger partial charge on any atom is 0.328 e. The second-order valence-electron chi connectivity index (χ2n) is 6.31. The highest BCUT2D eigenvalue weighted by Crippen LogP contribution is 2.48. The lowest BCUT2D eigenvalue weighted by Crippen LogP contribution is -2.61. The topological polar surface area (TPSA) is 98.7 Å². The van der Waals surface area contributed by atoms with Crippen molar-refractivity contribution in [3.63, 3.8) is 0 Å². The Morgan fingerprint density at radius 3 is 2.43 bits per heavy atom. The first-order chi connectivity index (χ1) is 10.1. The fraction of sp³-hybridized carbons (Fsp3) is 0.786. The summed E-state index contributed by atoms with van der Waals surface area (Å²) in [7, 11) is 0. The number of aliphatic carboxylic acids is 1. The van der Waals surface area contributed by atoms with Crippen LogP contribution in [0.4, 0.5) is 4.79 Å². The van der Waals surface area contributed by atoms with Gasteiger partial charge >= 0.3 is 12.0 Å². The number of rotatable bonds is 5. The van der Waals surface area contributed by atoms with E-state index in [9.17, 15) is 14.4 Å². The van der Waals surface area contributed by atoms with Crippen LogP contribution in [0.25, 0.3) is 0 Å². The summed E-state index contributed by atoms with van der Waals surface area (Å²) in [5.41, 5.74) is 0. The highest BCUT2D eigenvalue weighted by molar-refractivity contribution is 5.90. The van der Waals surface area contributed by atoms with E-state index in [-0.39, 0.29) is 19.0 Å². The van der Waals surface area contributed by atoms with Crippen LogP contribution in [0.5, 0.6) is 0 Å². The van der Waals surface area contributed by atoms with Gasteiger partial charge in [-0.15, -0.1) is 0 Å². The number of hydrogen-bond acceptors (Lipinski definition) is 3. The Kier molecular flexibility index (Phi) is 3.73. The monoisotopic (exact) mass is 295 g/mol. The summed E-state index contributed by atoms with van der Waals surface area (Å²) < 4.78 is 0. The van der Waals surface area contributed by atoms with Crippen molar-refractivity contribution in [1.29, 1.82) is 0 Å². The molecule has 7 heteroatoms. The maximum absolute atomic E-state index is 12.2. The zero-order valence-corrected chi connectivity index (χ0v) is 11.9. The SMILES string of the molecule is O=C1CN(C(=O)NCC(C2CC2)C2CC2)C(C(=O)O)CN1. The molecule has 1 unspecified atom stereocenters. The van der Waals surface area contributed by atoms with E-state index in [2.05, 4.69) is 10.6 Å². The largest absolute Gasteiger partial charge is 0.480 e. The normalized spacial score (nSPS) is 25.7. The van der Waals surface area contributed by atoms with E-state index in [4.69, 9.17) is 5.11 Å². The molecular formula is C14H21N3O4. The summed E-state index contributed by atoms with van der Waals surface area (Å²) in [5.74, 6) is 0.556. The third-order valence-electron chi connectivity index (χ3n) is 4.67. The Bertz CT molecular complexity index is 447. The van der Waals surface area contributed by atoms with Crippen LogP contribution >= 0.6 is 0 Å². The minimum atomic E-state index is -1.09. The quantitative estimate of drug-likeness (QED) is 0.665. The number of carbonyl (C=O) groups excluding carboxylic acids is 2. The number of urea groups is 1. The molecule has 3 aliphatic rings. The smallest absolute Gasteiger partial charge is 0.328 e. The number of piperazine rings is 1. The first kappa shape index (κ1) is 14.2. The zero-order chi connectivity index (χ0) is 15.0. The lowest BCUT2D eigenvalue weighted by Gasteiger charge is -2.33. The molecule has 0 spiro atoms. The van der Waals surface area contributed by atoms with Crippen molar-refractivity contribution in [1.82, 2.24) is 15.5 Å². The Hall–Kier alpha value is -1.79. The molecule has 3 amide bonds. The van der Waals surface area contributed by atoms with Crippen LogP contribution in [0.1, 0.15) is 25.7 Å². The van der Waals surface area contributed by atoms with Crippen LogP contribution in [0.15, 0.2) is 0 Å². The molecule has 0 aromatic heterocycles. The van der Waals surface area contributed by atoms with Crippen molar-refractivity contribution in [3.05, 3.63) is 0 Å². The van der Waals surface area contributed by atoms with Crippen molar-refractivity contribution in [2.75, 3.05) is 19.6 Å². The Balaban J connectivity index is 1.57. The molecule has 7 nitrogen and oxygen atoms in total. The van der Waals surface area contributed by atoms with Gasteiger partial charge in [0.05, 0.1) is 0 Å². The molecule has 3 N–H and O–H groups in total. The molecule has 0 bridgehead atoms. The number of carboxylic acids is 1. The van der Waals surface area contributed by atoms with E-state index in [1.165, 1.54) is 25.7 Å². The van der Waals surface area contributed by atoms with E-state index < -0.39 is 18.0 Å². The summed E-state index contributed by atoms with van der Waals surface area (Å²) in [6, 6.07) is -1.42. The second-order valence-corrected chi connectivity index (χ2v) is 6.31. The minimum Gasteiger partial charge on any atom is -0.480 e. The minimum absolute atomic E-state index is 0.0315. The van der Waals surface area contributed by atoms with Crippen LogP contribution < -0.4 is 10.6 Å². The summed E-state index contributed by atoms with van der Waals surface area (Å²) in [4.78, 5) is 35.9. The van der Waals surface area contributed by atoms with Crippen LogP contribution in [-0.2, 0) is 9.59 Å². The van der Waals surface area contributed by atoms with Crippen LogP contribution in [0.2, 0.25) is 0 Å². The summed E-state index contributed by atoms with van der Waals surface area (Å²) >= 11 is 0. The predicted octanol–water partition coefficient (Wildman–Crippen LogP) is 0.0172. The van der Waals surface area contributed by atoms with Crippen molar-refractivity contribution >= 4 is 17.9 Å². The van der Waals surface area contributed by atoms with Crippen molar-refractivity contribution in [2.45, 2.75) is 31.7 Å². The highest BCUT2D eigenvalue weighted by Gasteiger charge is 2.42. The average molecular weight is 295 g/mol. The van der Waals surface area contributed by atoms with Gasteiger partial charge in [-0.2, -0.15) is 0 Å². The predicted molar refractivity (Wildman–Crippen MR) is 73.5 cm³/mol. The maximum atomic E-state index is 12.2. The molecule has 0 radical (unpaired) electrons. The average Bonchev–Trinajstić information content (AvgIpc) is 3.32. The van der Waals surface area contributed by atoms with Gasteiger partial charge in [0.2, 0.25) is 5.91 Å². The third kappa shape index (κ3) is 3.28. The first-order valence-corrected chi connectivity index (χ1v) is 7.60. The fourth-order valence-electron chi connectivity index (χ4n) is 3.15. The van der Waals surface area contributed by atoms with E-state index in [1.54, 1.807) is 0 Å². The summed E-state index contributed by atoms with van der Waals surface area (Å²) in [5, 5.41) is 14.5. The standard InChI is InChI=1S/C14H21N3O4/c18-12-7-17(11(6-15-12)13(19)20)14(21)16-5-10(8-1-2-8)9-3-4-9/h8-11H,1-7H2,(H,15,18)(H,16,21)(H,19,20). The van der Waals surface area contributed by atoms with Crippen LogP contribution in [0, 0.1) is 17.8 Å². The molecule has 3 rings (SSSR count). The van der Waals surface area contributed by atoms with Gasteiger partial charge < -0.3 is 15.7 Å². The van der Waals surface area contributed by atoms with Crippen LogP contribution in [0.3, 0.4) is 0 Å². The van der Waals surface area contributed by atoms with Gasteiger partial charge in [0.1, 0.15) is 12.6 Å². The van der Waals surface area contributed by atoms with E-state index in [1.807, 2.05) is 0 Å². The molecule has 0 aromatic carbocycles. The van der Waals surface area contributed by atoms with E-state index in [0.717, 1.165) is 16.7 Å². The number of amides is 3. The molecule has 1 heterocycles. The van der Waals surface area contributed by atoms with Gasteiger partial charge in [0.15, 0.2) is 0 Å². The Labute approximate surface area is 123 Å². The number of nitrogens with one attached hydrogen (secondary N) is 2. The van der Waals surface area contributed by atoms with Gasteiger partial charge in [-0.3, -0.25) is 9.69 Å². The molecule has 1 atom stereocenters. The lowest BCUT2D eigenvalue weighted by molar-refractivity contribution is -0.144. The summed E-state index contributed by atoms with van der Waals surface area (Å²) in [6.45, 7) is 0.370. The Morgan fingerprint density at radius 2 is 1.90 bits per heavy atom. The van der Waals surface area contributed by atoms with E-state index in [0.29, 0.717) is 12.5 Å². The molecular weight excluding hydrogens is 274 g/mol. The lowest BCUT2D eigenvalue weighted by atomic mass is 9.98. The Morgan fingerprint density at radius 1 is 1.29 bits per heavy atom. The van der Waals surface area contributed by atoms with Crippen LogP contribution in [-0.4, -0.2) is 53.6 Å². The second kappa shape index (κ2) is 5.54. The molecule has 1 saturated heterocycles. The van der Waals surface area contributed by atoms with Gasteiger partial charge in [-0.1, -0.05) is 0 Å². The van der Waals surface area contributed by atoms with Crippen molar-refractivity contribution in [2.24, 2.45) is 17.8 Å². The fourth-order valence-corrected chi connectivity index (χ4v) is 3.15. The molecule has 2 saturated carbocycles. The number of hydrogen-bond donors (Lipinski definition) is 3. The molecule has 21 heavy (non-hydrogen) atoms.